The van der Waals surface area contributed by atoms with Crippen LogP contribution >= 0.6 is 38.9 Å². The van der Waals surface area contributed by atoms with E-state index in [1.54, 1.807) is 0 Å². The maximum Gasteiger partial charge on any atom is 0.408 e. The second kappa shape index (κ2) is 4.38. The molecule has 0 saturated carbocycles. The molecular formula is C7H6BrClF3NS. The van der Waals surface area contributed by atoms with Crippen molar-refractivity contribution in [2.45, 2.75) is 12.2 Å². The topological polar surface area (TPSA) is 12.0 Å². The summed E-state index contributed by atoms with van der Waals surface area (Å²) >= 11 is 9.70. The lowest BCUT2D eigenvalue weighted by molar-refractivity contribution is -0.155. The number of hydrogen-bond acceptors (Lipinski definition) is 2. The van der Waals surface area contributed by atoms with E-state index in [0.29, 0.717) is 8.81 Å². The first-order chi connectivity index (χ1) is 6.36. The molecule has 0 aromatic carbocycles. The Bertz CT molecular complexity index is 306. The number of halogens is 5. The summed E-state index contributed by atoms with van der Waals surface area (Å²) in [4.78, 5) is 0.150. The number of hydrogen-bond donors (Lipinski definition) is 1. The van der Waals surface area contributed by atoms with Gasteiger partial charge in [-0.3, -0.25) is 0 Å². The third-order valence-electron chi connectivity index (χ3n) is 1.56. The van der Waals surface area contributed by atoms with Crippen LogP contribution in [0.1, 0.15) is 10.9 Å². The van der Waals surface area contributed by atoms with Crippen molar-refractivity contribution >= 4 is 38.9 Å². The van der Waals surface area contributed by atoms with E-state index in [1.165, 1.54) is 13.1 Å². The molecule has 1 atom stereocenters. The van der Waals surface area contributed by atoms with Gasteiger partial charge in [-0.2, -0.15) is 13.2 Å². The Labute approximate surface area is 96.4 Å². The van der Waals surface area contributed by atoms with Gasteiger partial charge in [0, 0.05) is 4.88 Å². The summed E-state index contributed by atoms with van der Waals surface area (Å²) < 4.78 is 37.8. The fourth-order valence-corrected chi connectivity index (χ4v) is 2.86. The highest BCUT2D eigenvalue weighted by Gasteiger charge is 2.40. The van der Waals surface area contributed by atoms with E-state index in [4.69, 9.17) is 11.6 Å². The van der Waals surface area contributed by atoms with Gasteiger partial charge in [0.25, 0.3) is 0 Å². The van der Waals surface area contributed by atoms with Crippen LogP contribution in [0.4, 0.5) is 13.2 Å². The zero-order chi connectivity index (χ0) is 10.9. The van der Waals surface area contributed by atoms with E-state index in [0.717, 1.165) is 11.3 Å². The fraction of sp³-hybridized carbons (Fsp3) is 0.429. The molecule has 0 saturated heterocycles. The molecule has 1 N–H and O–H groups in total. The second-order valence-electron chi connectivity index (χ2n) is 2.53. The van der Waals surface area contributed by atoms with Gasteiger partial charge in [0.05, 0.1) is 8.81 Å². The molecule has 0 aliphatic carbocycles. The number of rotatable bonds is 2. The molecule has 80 valence electrons. The van der Waals surface area contributed by atoms with Crippen molar-refractivity contribution in [1.82, 2.24) is 5.32 Å². The SMILES string of the molecule is CNC(c1cc(Cl)c(Br)s1)C(F)(F)F. The minimum Gasteiger partial charge on any atom is -0.305 e. The van der Waals surface area contributed by atoms with Crippen molar-refractivity contribution in [2.24, 2.45) is 0 Å². The van der Waals surface area contributed by atoms with E-state index in [2.05, 4.69) is 21.2 Å². The Morgan fingerprint density at radius 1 is 1.57 bits per heavy atom. The standard InChI is InChI=1S/C7H6BrClF3NS/c1-13-5(7(10,11)12)4-2-3(9)6(8)14-4/h2,5,13H,1H3. The molecular weight excluding hydrogens is 303 g/mol. The van der Waals surface area contributed by atoms with Crippen LogP contribution in [0, 0.1) is 0 Å². The molecule has 0 fully saturated rings. The van der Waals surface area contributed by atoms with E-state index in [-0.39, 0.29) is 4.88 Å². The highest BCUT2D eigenvalue weighted by atomic mass is 79.9. The van der Waals surface area contributed by atoms with Crippen LogP contribution in [0.3, 0.4) is 0 Å². The van der Waals surface area contributed by atoms with Crippen LogP contribution in [0.15, 0.2) is 9.85 Å². The van der Waals surface area contributed by atoms with Crippen LogP contribution in [-0.4, -0.2) is 13.2 Å². The Balaban J connectivity index is 3.01. The fourth-order valence-electron chi connectivity index (χ4n) is 0.973. The normalized spacial score (nSPS) is 14.4. The first-order valence-electron chi connectivity index (χ1n) is 3.55. The van der Waals surface area contributed by atoms with Crippen molar-refractivity contribution in [2.75, 3.05) is 7.05 Å². The largest absolute Gasteiger partial charge is 0.408 e. The maximum absolute atomic E-state index is 12.4. The van der Waals surface area contributed by atoms with Gasteiger partial charge < -0.3 is 5.32 Å². The van der Waals surface area contributed by atoms with Gasteiger partial charge in [0.1, 0.15) is 6.04 Å². The molecule has 14 heavy (non-hydrogen) atoms. The third kappa shape index (κ3) is 2.62. The molecule has 1 unspecified atom stereocenters. The zero-order valence-electron chi connectivity index (χ0n) is 6.95. The lowest BCUT2D eigenvalue weighted by Crippen LogP contribution is -2.30. The molecule has 1 rings (SSSR count). The van der Waals surface area contributed by atoms with Gasteiger partial charge in [-0.25, -0.2) is 0 Å². The molecule has 0 aliphatic heterocycles. The predicted octanol–water partition coefficient (Wildman–Crippen LogP) is 3.99. The molecule has 1 nitrogen and oxygen atoms in total. The molecule has 1 heterocycles. The van der Waals surface area contributed by atoms with Crippen molar-refractivity contribution in [3.05, 3.63) is 19.8 Å². The Morgan fingerprint density at radius 3 is 2.43 bits per heavy atom. The minimum absolute atomic E-state index is 0.150. The van der Waals surface area contributed by atoms with Gasteiger partial charge in [-0.05, 0) is 29.0 Å². The first kappa shape index (κ1) is 12.3. The van der Waals surface area contributed by atoms with E-state index < -0.39 is 12.2 Å². The second-order valence-corrected chi connectivity index (χ2v) is 5.34. The van der Waals surface area contributed by atoms with Crippen molar-refractivity contribution in [1.29, 1.82) is 0 Å². The van der Waals surface area contributed by atoms with E-state index in [9.17, 15) is 13.2 Å². The lowest BCUT2D eigenvalue weighted by atomic mass is 10.2. The smallest absolute Gasteiger partial charge is 0.305 e. The minimum atomic E-state index is -4.30. The van der Waals surface area contributed by atoms with Crippen LogP contribution < -0.4 is 5.32 Å². The van der Waals surface area contributed by atoms with Gasteiger partial charge in [0.2, 0.25) is 0 Å². The third-order valence-corrected chi connectivity index (χ3v) is 4.10. The summed E-state index contributed by atoms with van der Waals surface area (Å²) in [5, 5.41) is 2.51. The van der Waals surface area contributed by atoms with Crippen LogP contribution in [0.25, 0.3) is 0 Å². The molecule has 0 amide bonds. The molecule has 0 aliphatic rings. The summed E-state index contributed by atoms with van der Waals surface area (Å²) in [6.45, 7) is 0. The van der Waals surface area contributed by atoms with Gasteiger partial charge in [-0.15, -0.1) is 11.3 Å². The molecule has 1 aromatic heterocycles. The summed E-state index contributed by atoms with van der Waals surface area (Å²) in [6, 6.07) is -0.346. The average molecular weight is 309 g/mol. The van der Waals surface area contributed by atoms with E-state index >= 15 is 0 Å². The average Bonchev–Trinajstić information content (AvgIpc) is 2.30. The quantitative estimate of drug-likeness (QED) is 0.871. The lowest BCUT2D eigenvalue weighted by Gasteiger charge is -2.17. The molecule has 0 spiro atoms. The summed E-state index contributed by atoms with van der Waals surface area (Å²) in [7, 11) is 1.26. The van der Waals surface area contributed by atoms with Crippen molar-refractivity contribution in [3.63, 3.8) is 0 Å². The Kier molecular flexibility index (Phi) is 3.85. The number of nitrogens with one attached hydrogen (secondary N) is 1. The summed E-state index contributed by atoms with van der Waals surface area (Å²) in [6.07, 6.45) is -4.30. The van der Waals surface area contributed by atoms with Gasteiger partial charge >= 0.3 is 6.18 Å². The summed E-state index contributed by atoms with van der Waals surface area (Å²) in [5.74, 6) is 0. The molecule has 0 radical (unpaired) electrons. The van der Waals surface area contributed by atoms with Crippen molar-refractivity contribution in [3.8, 4) is 0 Å². The van der Waals surface area contributed by atoms with Crippen LogP contribution in [-0.2, 0) is 0 Å². The van der Waals surface area contributed by atoms with Gasteiger partial charge in [-0.1, -0.05) is 11.6 Å². The Hall–Kier alpha value is 0.220. The molecule has 1 aromatic rings. The van der Waals surface area contributed by atoms with Crippen LogP contribution in [0.2, 0.25) is 5.02 Å². The predicted molar refractivity (Wildman–Crippen MR) is 54.9 cm³/mol. The first-order valence-corrected chi connectivity index (χ1v) is 5.53. The van der Waals surface area contributed by atoms with Crippen molar-refractivity contribution < 1.29 is 13.2 Å². The Morgan fingerprint density at radius 2 is 2.14 bits per heavy atom. The van der Waals surface area contributed by atoms with E-state index in [1.807, 2.05) is 0 Å². The monoisotopic (exact) mass is 307 g/mol. The zero-order valence-corrected chi connectivity index (χ0v) is 10.1. The highest BCUT2D eigenvalue weighted by molar-refractivity contribution is 9.11. The van der Waals surface area contributed by atoms with Gasteiger partial charge in [0.15, 0.2) is 0 Å². The van der Waals surface area contributed by atoms with Crippen LogP contribution in [0.5, 0.6) is 0 Å². The maximum atomic E-state index is 12.4. The number of alkyl halides is 3. The summed E-state index contributed by atoms with van der Waals surface area (Å²) in [5.41, 5.74) is 0. The molecule has 0 bridgehead atoms. The molecule has 7 heteroatoms. The number of thiophene rings is 1. The highest BCUT2D eigenvalue weighted by Crippen LogP contribution is 2.40.